The molecule has 3 aromatic rings. The molecule has 1 amide bonds. The van der Waals surface area contributed by atoms with Gasteiger partial charge < -0.3 is 14.6 Å². The van der Waals surface area contributed by atoms with E-state index in [-0.39, 0.29) is 21.3 Å². The molecule has 2 aromatic carbocycles. The first-order valence-electron chi connectivity index (χ1n) is 10.0. The van der Waals surface area contributed by atoms with E-state index in [2.05, 4.69) is 4.98 Å². The van der Waals surface area contributed by atoms with E-state index in [9.17, 15) is 19.5 Å². The van der Waals surface area contributed by atoms with Crippen LogP contribution in [-0.4, -0.2) is 42.0 Å². The van der Waals surface area contributed by atoms with Gasteiger partial charge in [-0.3, -0.25) is 14.5 Å². The van der Waals surface area contributed by atoms with E-state index in [1.807, 2.05) is 0 Å². The third-order valence-corrected chi connectivity index (χ3v) is 6.74. The van der Waals surface area contributed by atoms with Gasteiger partial charge in [0.25, 0.3) is 5.78 Å². The van der Waals surface area contributed by atoms with Crippen LogP contribution in [0.1, 0.15) is 32.5 Å². The van der Waals surface area contributed by atoms with Crippen LogP contribution in [0.5, 0.6) is 5.75 Å². The normalized spacial score (nSPS) is 17.2. The first kappa shape index (κ1) is 23.5. The first-order valence-corrected chi connectivity index (χ1v) is 11.2. The van der Waals surface area contributed by atoms with E-state index in [1.54, 1.807) is 55.5 Å². The summed E-state index contributed by atoms with van der Waals surface area (Å²) in [6.07, 6.45) is 0. The second kappa shape index (κ2) is 9.28. The first-order chi connectivity index (χ1) is 16.3. The molecule has 1 N–H and O–H groups in total. The minimum Gasteiger partial charge on any atom is -0.507 e. The maximum Gasteiger partial charge on any atom is 0.350 e. The standard InChI is InChI=1S/C24H19ClN2O6S/c1-12-21(23(31)33-3)34-24(26-12)27-18(13-4-8-15(25)9-5-13)17(20(29)22(27)30)19(28)14-6-10-16(32-2)11-7-14/h4-11,18,28H,1-3H3/b19-17+. The summed E-state index contributed by atoms with van der Waals surface area (Å²) in [7, 11) is 2.76. The molecular weight excluding hydrogens is 480 g/mol. The monoisotopic (exact) mass is 498 g/mol. The van der Waals surface area contributed by atoms with Crippen LogP contribution in [0.25, 0.3) is 5.76 Å². The summed E-state index contributed by atoms with van der Waals surface area (Å²) in [6, 6.07) is 12.0. The van der Waals surface area contributed by atoms with Crippen LogP contribution in [0.2, 0.25) is 5.02 Å². The molecule has 2 heterocycles. The number of thiazole rings is 1. The minimum absolute atomic E-state index is 0.107. The number of hydrogen-bond donors (Lipinski definition) is 1. The number of ketones is 1. The highest BCUT2D eigenvalue weighted by Gasteiger charge is 2.48. The number of aromatic nitrogens is 1. The number of esters is 1. The van der Waals surface area contributed by atoms with Crippen molar-refractivity contribution in [2.24, 2.45) is 0 Å². The fourth-order valence-corrected chi connectivity index (χ4v) is 4.80. The Morgan fingerprint density at radius 1 is 1.09 bits per heavy atom. The maximum atomic E-state index is 13.2. The molecule has 0 bridgehead atoms. The fourth-order valence-electron chi connectivity index (χ4n) is 3.66. The largest absolute Gasteiger partial charge is 0.507 e. The molecule has 0 radical (unpaired) electrons. The fraction of sp³-hybridized carbons (Fsp3) is 0.167. The van der Waals surface area contributed by atoms with Crippen molar-refractivity contribution in [3.8, 4) is 5.75 Å². The number of hydrogen-bond acceptors (Lipinski definition) is 8. The highest BCUT2D eigenvalue weighted by molar-refractivity contribution is 7.17. The van der Waals surface area contributed by atoms with E-state index in [4.69, 9.17) is 21.1 Å². The molecule has 1 aliphatic rings. The summed E-state index contributed by atoms with van der Waals surface area (Å²) >= 11 is 6.98. The van der Waals surface area contributed by atoms with Gasteiger partial charge in [-0.2, -0.15) is 0 Å². The molecule has 1 aromatic heterocycles. The van der Waals surface area contributed by atoms with Gasteiger partial charge >= 0.3 is 11.9 Å². The molecule has 0 aliphatic carbocycles. The number of carbonyl (C=O) groups is 3. The Labute approximate surface area is 204 Å². The maximum absolute atomic E-state index is 13.2. The van der Waals surface area contributed by atoms with Gasteiger partial charge in [0.05, 0.1) is 31.5 Å². The molecule has 34 heavy (non-hydrogen) atoms. The molecule has 1 saturated heterocycles. The highest BCUT2D eigenvalue weighted by Crippen LogP contribution is 2.44. The van der Waals surface area contributed by atoms with Crippen molar-refractivity contribution >= 4 is 51.5 Å². The molecule has 174 valence electrons. The number of Topliss-reactive ketones (excluding diaryl/α,β-unsaturated/α-hetero) is 1. The van der Waals surface area contributed by atoms with Gasteiger partial charge in [-0.05, 0) is 48.9 Å². The summed E-state index contributed by atoms with van der Waals surface area (Å²) in [5, 5.41) is 11.7. The SMILES string of the molecule is COC(=O)c1sc(N2C(=O)C(=O)/C(=C(/O)c3ccc(OC)cc3)C2c2ccc(Cl)cc2)nc1C. The van der Waals surface area contributed by atoms with Gasteiger partial charge in [-0.15, -0.1) is 0 Å². The molecule has 8 nitrogen and oxygen atoms in total. The van der Waals surface area contributed by atoms with Gasteiger partial charge in [-0.1, -0.05) is 35.1 Å². The lowest BCUT2D eigenvalue weighted by Gasteiger charge is -2.23. The Balaban J connectivity index is 1.91. The molecule has 1 atom stereocenters. The van der Waals surface area contributed by atoms with Crippen LogP contribution < -0.4 is 9.64 Å². The molecular formula is C24H19ClN2O6S. The Kier molecular flexibility index (Phi) is 6.41. The molecule has 1 aliphatic heterocycles. The lowest BCUT2D eigenvalue weighted by Crippen LogP contribution is -2.29. The Morgan fingerprint density at radius 3 is 2.32 bits per heavy atom. The molecule has 1 fully saturated rings. The van der Waals surface area contributed by atoms with Crippen LogP contribution in [0.3, 0.4) is 0 Å². The predicted octanol–water partition coefficient (Wildman–Crippen LogP) is 4.53. The average molecular weight is 499 g/mol. The van der Waals surface area contributed by atoms with Gasteiger partial charge in [0, 0.05) is 10.6 Å². The number of carbonyl (C=O) groups excluding carboxylic acids is 3. The predicted molar refractivity (Wildman–Crippen MR) is 127 cm³/mol. The zero-order valence-electron chi connectivity index (χ0n) is 18.4. The third kappa shape index (κ3) is 4.04. The van der Waals surface area contributed by atoms with Crippen molar-refractivity contribution in [1.82, 2.24) is 4.98 Å². The van der Waals surface area contributed by atoms with Crippen LogP contribution in [0.4, 0.5) is 5.13 Å². The molecule has 0 saturated carbocycles. The van der Waals surface area contributed by atoms with Crippen LogP contribution in [0.15, 0.2) is 54.1 Å². The second-order valence-electron chi connectivity index (χ2n) is 7.35. The molecule has 10 heteroatoms. The number of methoxy groups -OCH3 is 2. The number of aliphatic hydroxyl groups excluding tert-OH is 1. The zero-order chi connectivity index (χ0) is 24.6. The van der Waals surface area contributed by atoms with Gasteiger partial charge in [-0.25, -0.2) is 9.78 Å². The van der Waals surface area contributed by atoms with E-state index in [1.165, 1.54) is 19.1 Å². The summed E-state index contributed by atoms with van der Waals surface area (Å²) in [5.74, 6) is -2.12. The number of halogens is 1. The number of aliphatic hydroxyl groups is 1. The van der Waals surface area contributed by atoms with Crippen LogP contribution in [0, 0.1) is 6.92 Å². The van der Waals surface area contributed by atoms with E-state index in [0.29, 0.717) is 27.6 Å². The van der Waals surface area contributed by atoms with Crippen molar-refractivity contribution < 1.29 is 29.0 Å². The van der Waals surface area contributed by atoms with E-state index in [0.717, 1.165) is 11.3 Å². The number of anilines is 1. The van der Waals surface area contributed by atoms with Gasteiger partial charge in [0.15, 0.2) is 5.13 Å². The van der Waals surface area contributed by atoms with Crippen molar-refractivity contribution in [2.75, 3.05) is 19.1 Å². The molecule has 4 rings (SSSR count). The topological polar surface area (TPSA) is 106 Å². The Hall–Kier alpha value is -3.69. The van der Waals surface area contributed by atoms with Crippen molar-refractivity contribution in [3.05, 3.63) is 80.8 Å². The molecule has 0 spiro atoms. The van der Waals surface area contributed by atoms with Crippen LogP contribution in [-0.2, 0) is 14.3 Å². The quantitative estimate of drug-likeness (QED) is 0.238. The second-order valence-corrected chi connectivity index (χ2v) is 8.77. The van der Waals surface area contributed by atoms with E-state index >= 15 is 0 Å². The van der Waals surface area contributed by atoms with E-state index < -0.39 is 23.7 Å². The summed E-state index contributed by atoms with van der Waals surface area (Å²) in [4.78, 5) is 44.2. The number of rotatable bonds is 5. The van der Waals surface area contributed by atoms with Crippen molar-refractivity contribution in [2.45, 2.75) is 13.0 Å². The Morgan fingerprint density at radius 2 is 1.74 bits per heavy atom. The van der Waals surface area contributed by atoms with Crippen molar-refractivity contribution in [1.29, 1.82) is 0 Å². The Bertz CT molecular complexity index is 1310. The minimum atomic E-state index is -0.990. The lowest BCUT2D eigenvalue weighted by atomic mass is 9.95. The summed E-state index contributed by atoms with van der Waals surface area (Å²) in [5.41, 5.74) is 1.12. The average Bonchev–Trinajstić information content (AvgIpc) is 3.35. The number of benzene rings is 2. The highest BCUT2D eigenvalue weighted by atomic mass is 35.5. The number of amides is 1. The summed E-state index contributed by atoms with van der Waals surface area (Å²) < 4.78 is 9.94. The third-order valence-electron chi connectivity index (χ3n) is 5.36. The molecule has 1 unspecified atom stereocenters. The van der Waals surface area contributed by atoms with Crippen LogP contribution >= 0.6 is 22.9 Å². The number of nitrogens with zero attached hydrogens (tertiary/aromatic N) is 2. The van der Waals surface area contributed by atoms with Gasteiger partial charge in [0.1, 0.15) is 16.4 Å². The summed E-state index contributed by atoms with van der Waals surface area (Å²) in [6.45, 7) is 1.61. The van der Waals surface area contributed by atoms with Crippen molar-refractivity contribution in [3.63, 3.8) is 0 Å². The number of ether oxygens (including phenoxy) is 2. The smallest absolute Gasteiger partial charge is 0.350 e. The zero-order valence-corrected chi connectivity index (χ0v) is 19.9. The van der Waals surface area contributed by atoms with Gasteiger partial charge in [0.2, 0.25) is 0 Å². The lowest BCUT2D eigenvalue weighted by molar-refractivity contribution is -0.132. The number of aryl methyl sites for hydroxylation is 1.